The molecule has 5 heteroatoms. The summed E-state index contributed by atoms with van der Waals surface area (Å²) in [7, 11) is 0. The summed E-state index contributed by atoms with van der Waals surface area (Å²) in [6, 6.07) is 8.57. The van der Waals surface area contributed by atoms with Crippen LogP contribution in [0.5, 0.6) is 0 Å². The van der Waals surface area contributed by atoms with Crippen molar-refractivity contribution in [2.75, 3.05) is 0 Å². The molecule has 0 atom stereocenters. The second kappa shape index (κ2) is 5.27. The summed E-state index contributed by atoms with van der Waals surface area (Å²) < 4.78 is 1.88. The molecule has 0 N–H and O–H groups in total. The number of ketones is 1. The molecule has 2 aromatic rings. The molecule has 0 amide bonds. The first kappa shape index (κ1) is 12.7. The van der Waals surface area contributed by atoms with Crippen LogP contribution in [0.2, 0.25) is 0 Å². The monoisotopic (exact) mass is 306 g/mol. The highest BCUT2D eigenvalue weighted by Gasteiger charge is 2.11. The average molecular weight is 307 g/mol. The van der Waals surface area contributed by atoms with Gasteiger partial charge in [0, 0.05) is 16.1 Å². The van der Waals surface area contributed by atoms with Crippen molar-refractivity contribution in [2.45, 2.75) is 13.5 Å². The summed E-state index contributed by atoms with van der Waals surface area (Å²) in [5.41, 5.74) is 1.06. The Morgan fingerprint density at radius 2 is 2.11 bits per heavy atom. The number of halogens is 1. The minimum absolute atomic E-state index is 0.0538. The molecule has 0 fully saturated rings. The van der Waals surface area contributed by atoms with Gasteiger partial charge in [0.05, 0.1) is 6.20 Å². The van der Waals surface area contributed by atoms with Gasteiger partial charge in [-0.15, -0.1) is 0 Å². The lowest BCUT2D eigenvalue weighted by Crippen LogP contribution is -2.26. The van der Waals surface area contributed by atoms with Crippen molar-refractivity contribution in [1.82, 2.24) is 9.78 Å². The summed E-state index contributed by atoms with van der Waals surface area (Å²) >= 11 is 3.31. The van der Waals surface area contributed by atoms with E-state index in [4.69, 9.17) is 0 Å². The van der Waals surface area contributed by atoms with Crippen LogP contribution in [0.25, 0.3) is 0 Å². The molecule has 0 saturated carbocycles. The zero-order valence-electron chi connectivity index (χ0n) is 9.76. The predicted molar refractivity (Wildman–Crippen MR) is 71.7 cm³/mol. The Balaban J connectivity index is 2.27. The highest BCUT2D eigenvalue weighted by Crippen LogP contribution is 2.16. The van der Waals surface area contributed by atoms with Gasteiger partial charge in [-0.25, -0.2) is 4.68 Å². The van der Waals surface area contributed by atoms with Crippen molar-refractivity contribution in [3.8, 4) is 0 Å². The minimum Gasteiger partial charge on any atom is -0.292 e. The topological polar surface area (TPSA) is 52.0 Å². The zero-order chi connectivity index (χ0) is 13.1. The number of carbonyl (C=O) groups is 1. The van der Waals surface area contributed by atoms with Crippen LogP contribution >= 0.6 is 15.9 Å². The van der Waals surface area contributed by atoms with Gasteiger partial charge in [0.25, 0.3) is 5.56 Å². The molecule has 92 valence electrons. The lowest BCUT2D eigenvalue weighted by molar-refractivity contribution is 0.0965. The van der Waals surface area contributed by atoms with Crippen molar-refractivity contribution in [1.29, 1.82) is 0 Å². The van der Waals surface area contributed by atoms with Gasteiger partial charge in [-0.05, 0) is 18.6 Å². The molecule has 0 radical (unpaired) electrons. The molecule has 4 nitrogen and oxygen atoms in total. The summed E-state index contributed by atoms with van der Waals surface area (Å²) in [5.74, 6) is -0.152. The van der Waals surface area contributed by atoms with Crippen molar-refractivity contribution in [3.05, 3.63) is 62.5 Å². The molecule has 0 bridgehead atoms. The molecule has 0 unspecified atom stereocenters. The maximum atomic E-state index is 12.0. The summed E-state index contributed by atoms with van der Waals surface area (Å²) in [6.45, 7) is 1.73. The van der Waals surface area contributed by atoms with Crippen molar-refractivity contribution < 1.29 is 4.79 Å². The lowest BCUT2D eigenvalue weighted by Gasteiger charge is -2.05. The summed E-state index contributed by atoms with van der Waals surface area (Å²) in [5, 5.41) is 3.94. The molecule has 0 aliphatic carbocycles. The van der Waals surface area contributed by atoms with Gasteiger partial charge < -0.3 is 0 Å². The molecule has 1 aromatic heterocycles. The first-order chi connectivity index (χ1) is 8.58. The molecule has 1 aromatic carbocycles. The minimum atomic E-state index is -0.268. The van der Waals surface area contributed by atoms with Crippen molar-refractivity contribution in [2.24, 2.45) is 0 Å². The maximum absolute atomic E-state index is 12.0. The fourth-order valence-corrected chi connectivity index (χ4v) is 2.06. The second-order valence-corrected chi connectivity index (χ2v) is 4.79. The number of carbonyl (C=O) groups excluding carboxylic acids is 1. The molecule has 18 heavy (non-hydrogen) atoms. The Labute approximate surface area is 112 Å². The van der Waals surface area contributed by atoms with Crippen LogP contribution in [0, 0.1) is 6.92 Å². The van der Waals surface area contributed by atoms with Gasteiger partial charge in [-0.1, -0.05) is 34.1 Å². The Morgan fingerprint density at radius 1 is 1.39 bits per heavy atom. The third kappa shape index (κ3) is 2.73. The van der Waals surface area contributed by atoms with Crippen molar-refractivity contribution in [3.63, 3.8) is 0 Å². The van der Waals surface area contributed by atoms with E-state index in [9.17, 15) is 9.59 Å². The Bertz CT molecular complexity index is 649. The molecule has 0 aliphatic heterocycles. The Kier molecular flexibility index (Phi) is 3.72. The van der Waals surface area contributed by atoms with Gasteiger partial charge in [0.15, 0.2) is 5.78 Å². The van der Waals surface area contributed by atoms with Crippen LogP contribution in [0.4, 0.5) is 0 Å². The normalized spacial score (nSPS) is 10.3. The van der Waals surface area contributed by atoms with E-state index in [1.807, 2.05) is 6.07 Å². The van der Waals surface area contributed by atoms with Gasteiger partial charge in [-0.2, -0.15) is 5.10 Å². The zero-order valence-corrected chi connectivity index (χ0v) is 11.3. The van der Waals surface area contributed by atoms with Crippen LogP contribution < -0.4 is 5.56 Å². The van der Waals surface area contributed by atoms with Gasteiger partial charge in [0.2, 0.25) is 0 Å². The van der Waals surface area contributed by atoms with E-state index in [1.54, 1.807) is 31.3 Å². The highest BCUT2D eigenvalue weighted by atomic mass is 79.9. The van der Waals surface area contributed by atoms with E-state index in [1.165, 1.54) is 6.07 Å². The average Bonchev–Trinajstić information content (AvgIpc) is 2.33. The van der Waals surface area contributed by atoms with Gasteiger partial charge in [0.1, 0.15) is 6.54 Å². The van der Waals surface area contributed by atoms with Crippen LogP contribution in [0.3, 0.4) is 0 Å². The van der Waals surface area contributed by atoms with E-state index in [0.29, 0.717) is 5.56 Å². The molecular formula is C13H11BrN2O2. The smallest absolute Gasteiger partial charge is 0.267 e. The fourth-order valence-electron chi connectivity index (χ4n) is 1.55. The van der Waals surface area contributed by atoms with Crippen molar-refractivity contribution >= 4 is 21.7 Å². The second-order valence-electron chi connectivity index (χ2n) is 3.93. The summed E-state index contributed by atoms with van der Waals surface area (Å²) in [6.07, 6.45) is 1.56. The van der Waals surface area contributed by atoms with E-state index in [0.717, 1.165) is 14.7 Å². The molecule has 1 heterocycles. The number of nitrogens with zero attached hydrogens (tertiary/aromatic N) is 2. The fraction of sp³-hybridized carbons (Fsp3) is 0.154. The predicted octanol–water partition coefficient (Wildman–Crippen LogP) is 2.20. The van der Waals surface area contributed by atoms with E-state index >= 15 is 0 Å². The Hall–Kier alpha value is -1.75. The quantitative estimate of drug-likeness (QED) is 0.817. The van der Waals surface area contributed by atoms with E-state index in [-0.39, 0.29) is 17.9 Å². The number of aromatic nitrogens is 2. The van der Waals surface area contributed by atoms with Gasteiger partial charge in [-0.3, -0.25) is 9.59 Å². The first-order valence-corrected chi connectivity index (χ1v) is 6.19. The number of hydrogen-bond donors (Lipinski definition) is 0. The summed E-state index contributed by atoms with van der Waals surface area (Å²) in [4.78, 5) is 23.7. The van der Waals surface area contributed by atoms with Crippen LogP contribution in [0.1, 0.15) is 15.9 Å². The van der Waals surface area contributed by atoms with Gasteiger partial charge >= 0.3 is 0 Å². The standard InChI is InChI=1S/C13H11BrN2O2/c1-9-6-13(18)16(15-7-9)8-12(17)10-4-2-3-5-11(10)14/h2-7H,8H2,1H3. The number of hydrogen-bond acceptors (Lipinski definition) is 3. The molecule has 0 aliphatic rings. The number of rotatable bonds is 3. The van der Waals surface area contributed by atoms with Crippen LogP contribution in [-0.4, -0.2) is 15.6 Å². The number of benzene rings is 1. The highest BCUT2D eigenvalue weighted by molar-refractivity contribution is 9.10. The van der Waals surface area contributed by atoms with Crippen LogP contribution in [-0.2, 0) is 6.54 Å². The first-order valence-electron chi connectivity index (χ1n) is 5.39. The number of Topliss-reactive ketones (excluding diaryl/α,β-unsaturated/α-hetero) is 1. The van der Waals surface area contributed by atoms with E-state index in [2.05, 4.69) is 21.0 Å². The maximum Gasteiger partial charge on any atom is 0.267 e. The molecule has 2 rings (SSSR count). The largest absolute Gasteiger partial charge is 0.292 e. The molecule has 0 spiro atoms. The SMILES string of the molecule is Cc1cnn(CC(=O)c2ccccc2Br)c(=O)c1. The van der Waals surface area contributed by atoms with E-state index < -0.39 is 0 Å². The molecular weight excluding hydrogens is 296 g/mol. The van der Waals surface area contributed by atoms with Crippen LogP contribution in [0.15, 0.2) is 45.8 Å². The third-order valence-electron chi connectivity index (χ3n) is 2.47. The third-order valence-corrected chi connectivity index (χ3v) is 3.17. The number of aryl methyl sites for hydroxylation is 1. The lowest BCUT2D eigenvalue weighted by atomic mass is 10.1. The Morgan fingerprint density at radius 3 is 2.78 bits per heavy atom. The molecule has 0 saturated heterocycles.